The zero-order valence-corrected chi connectivity index (χ0v) is 12.8. The summed E-state index contributed by atoms with van der Waals surface area (Å²) in [6.07, 6.45) is 7.88. The number of benzene rings is 1. The van der Waals surface area contributed by atoms with Gasteiger partial charge >= 0.3 is 6.03 Å². The Labute approximate surface area is 130 Å². The van der Waals surface area contributed by atoms with E-state index < -0.39 is 0 Å². The summed E-state index contributed by atoms with van der Waals surface area (Å²) in [6, 6.07) is 9.00. The first-order valence-corrected chi connectivity index (χ1v) is 8.45. The number of aromatic amines is 1. The molecule has 0 spiro atoms. The molecule has 0 radical (unpaired) electrons. The molecule has 4 rings (SSSR count). The number of carbonyl (C=O) groups excluding carboxylic acids is 1. The van der Waals surface area contributed by atoms with Crippen molar-refractivity contribution in [1.82, 2.24) is 15.6 Å². The van der Waals surface area contributed by atoms with E-state index in [9.17, 15) is 4.79 Å². The number of amides is 2. The molecule has 1 saturated carbocycles. The normalized spacial score (nSPS) is 21.7. The van der Waals surface area contributed by atoms with Crippen LogP contribution in [-0.2, 0) is 12.8 Å². The van der Waals surface area contributed by atoms with Crippen LogP contribution in [0.15, 0.2) is 24.3 Å². The highest BCUT2D eigenvalue weighted by Gasteiger charge is 2.27. The van der Waals surface area contributed by atoms with Crippen molar-refractivity contribution in [2.24, 2.45) is 0 Å². The number of hydrogen-bond acceptors (Lipinski definition) is 1. The molecule has 0 saturated heterocycles. The number of H-pyrrole nitrogens is 1. The van der Waals surface area contributed by atoms with E-state index in [1.54, 1.807) is 0 Å². The van der Waals surface area contributed by atoms with E-state index in [0.717, 1.165) is 25.7 Å². The monoisotopic (exact) mass is 297 g/mol. The Hall–Kier alpha value is -1.97. The van der Waals surface area contributed by atoms with Crippen LogP contribution in [0.4, 0.5) is 4.79 Å². The number of hydrogen-bond donors (Lipinski definition) is 3. The van der Waals surface area contributed by atoms with Crippen LogP contribution in [0.5, 0.6) is 0 Å². The molecule has 4 heteroatoms. The molecule has 2 aliphatic rings. The fourth-order valence-corrected chi connectivity index (χ4v) is 3.99. The molecule has 3 N–H and O–H groups in total. The Morgan fingerprint density at radius 1 is 1.00 bits per heavy atom. The first kappa shape index (κ1) is 13.7. The van der Waals surface area contributed by atoms with Gasteiger partial charge in [0.2, 0.25) is 0 Å². The molecule has 22 heavy (non-hydrogen) atoms. The lowest BCUT2D eigenvalue weighted by molar-refractivity contribution is 0.229. The average molecular weight is 297 g/mol. The maximum absolute atomic E-state index is 12.2. The minimum Gasteiger partial charge on any atom is -0.358 e. The number of para-hydroxylation sites is 1. The van der Waals surface area contributed by atoms with Crippen molar-refractivity contribution in [1.29, 1.82) is 0 Å². The van der Waals surface area contributed by atoms with Crippen molar-refractivity contribution in [3.05, 3.63) is 35.5 Å². The average Bonchev–Trinajstić information content (AvgIpc) is 3.05. The van der Waals surface area contributed by atoms with Gasteiger partial charge in [-0.1, -0.05) is 37.5 Å². The van der Waals surface area contributed by atoms with Crippen LogP contribution in [-0.4, -0.2) is 23.1 Å². The van der Waals surface area contributed by atoms with Gasteiger partial charge in [-0.15, -0.1) is 0 Å². The van der Waals surface area contributed by atoms with Gasteiger partial charge in [-0.2, -0.15) is 0 Å². The molecular weight excluding hydrogens is 274 g/mol. The van der Waals surface area contributed by atoms with E-state index in [0.29, 0.717) is 6.04 Å². The molecule has 2 amide bonds. The lowest BCUT2D eigenvalue weighted by Crippen LogP contribution is -2.47. The second-order valence-corrected chi connectivity index (χ2v) is 6.69. The minimum absolute atomic E-state index is 0.00589. The van der Waals surface area contributed by atoms with E-state index in [2.05, 4.69) is 39.9 Å². The second-order valence-electron chi connectivity index (χ2n) is 6.69. The lowest BCUT2D eigenvalue weighted by atomic mass is 9.96. The van der Waals surface area contributed by atoms with E-state index in [1.165, 1.54) is 41.4 Å². The summed E-state index contributed by atoms with van der Waals surface area (Å²) in [5.74, 6) is 0. The Kier molecular flexibility index (Phi) is 3.53. The van der Waals surface area contributed by atoms with Crippen molar-refractivity contribution in [3.8, 4) is 0 Å². The van der Waals surface area contributed by atoms with Gasteiger partial charge in [-0.25, -0.2) is 4.79 Å². The van der Waals surface area contributed by atoms with Crippen molar-refractivity contribution in [3.63, 3.8) is 0 Å². The molecule has 116 valence electrons. The lowest BCUT2D eigenvalue weighted by Gasteiger charge is -2.24. The van der Waals surface area contributed by atoms with Crippen LogP contribution in [0.3, 0.4) is 0 Å². The fraction of sp³-hybridized carbons (Fsp3) is 0.500. The number of urea groups is 1. The molecule has 0 aliphatic heterocycles. The zero-order chi connectivity index (χ0) is 14.9. The topological polar surface area (TPSA) is 56.9 Å². The molecular formula is C18H23N3O. The third kappa shape index (κ3) is 2.58. The van der Waals surface area contributed by atoms with Crippen molar-refractivity contribution in [2.75, 3.05) is 0 Å². The highest BCUT2D eigenvalue weighted by atomic mass is 16.2. The van der Waals surface area contributed by atoms with Crippen LogP contribution in [0.2, 0.25) is 0 Å². The molecule has 2 aromatic rings. The predicted octanol–water partition coefficient (Wildman–Crippen LogP) is 3.27. The smallest absolute Gasteiger partial charge is 0.315 e. The summed E-state index contributed by atoms with van der Waals surface area (Å²) in [4.78, 5) is 15.7. The number of aromatic nitrogens is 1. The maximum atomic E-state index is 12.2. The Morgan fingerprint density at radius 2 is 1.77 bits per heavy atom. The Morgan fingerprint density at radius 3 is 2.64 bits per heavy atom. The van der Waals surface area contributed by atoms with Crippen molar-refractivity contribution < 1.29 is 4.79 Å². The number of rotatable bonds is 2. The highest BCUT2D eigenvalue weighted by molar-refractivity contribution is 5.85. The Bertz CT molecular complexity index is 685. The summed E-state index contributed by atoms with van der Waals surface area (Å²) in [5, 5.41) is 7.60. The maximum Gasteiger partial charge on any atom is 0.315 e. The zero-order valence-electron chi connectivity index (χ0n) is 12.8. The summed E-state index contributed by atoms with van der Waals surface area (Å²) in [6.45, 7) is 0. The van der Waals surface area contributed by atoms with E-state index in [4.69, 9.17) is 0 Å². The van der Waals surface area contributed by atoms with E-state index in [-0.39, 0.29) is 12.1 Å². The van der Waals surface area contributed by atoms with Crippen molar-refractivity contribution in [2.45, 2.75) is 57.0 Å². The second kappa shape index (κ2) is 5.67. The van der Waals surface area contributed by atoms with Crippen LogP contribution in [0.25, 0.3) is 10.9 Å². The fourth-order valence-electron chi connectivity index (χ4n) is 3.99. The number of nitrogens with one attached hydrogen (secondary N) is 3. The van der Waals surface area contributed by atoms with Gasteiger partial charge in [0.05, 0.1) is 0 Å². The van der Waals surface area contributed by atoms with Crippen LogP contribution < -0.4 is 10.6 Å². The molecule has 1 unspecified atom stereocenters. The quantitative estimate of drug-likeness (QED) is 0.783. The minimum atomic E-state index is 0.00589. The van der Waals surface area contributed by atoms with Crippen LogP contribution in [0, 0.1) is 0 Å². The summed E-state index contributed by atoms with van der Waals surface area (Å²) < 4.78 is 0. The standard InChI is InChI=1S/C18H23N3O/c22-18(19-12-6-2-1-3-7-12)20-13-10-15-14-8-4-5-9-16(14)21-17(15)11-13/h4-5,8-9,12-13,21H,1-3,6-7,10-11H2,(H2,19,20,22). The summed E-state index contributed by atoms with van der Waals surface area (Å²) in [7, 11) is 0. The molecule has 1 aromatic heterocycles. The molecule has 4 nitrogen and oxygen atoms in total. The van der Waals surface area contributed by atoms with Gasteiger partial charge in [0.25, 0.3) is 0 Å². The number of carbonyl (C=O) groups is 1. The largest absolute Gasteiger partial charge is 0.358 e. The molecule has 1 atom stereocenters. The summed E-state index contributed by atoms with van der Waals surface area (Å²) in [5.41, 5.74) is 3.86. The van der Waals surface area contributed by atoms with Crippen molar-refractivity contribution >= 4 is 16.9 Å². The molecule has 1 fully saturated rings. The molecule has 2 aliphatic carbocycles. The van der Waals surface area contributed by atoms with E-state index >= 15 is 0 Å². The van der Waals surface area contributed by atoms with Gasteiger partial charge in [0.15, 0.2) is 0 Å². The van der Waals surface area contributed by atoms with Gasteiger partial charge in [0.1, 0.15) is 0 Å². The molecule has 1 heterocycles. The van der Waals surface area contributed by atoms with Gasteiger partial charge < -0.3 is 15.6 Å². The van der Waals surface area contributed by atoms with Gasteiger partial charge in [0, 0.05) is 35.1 Å². The third-order valence-corrected chi connectivity index (χ3v) is 5.08. The Balaban J connectivity index is 1.37. The predicted molar refractivity (Wildman–Crippen MR) is 88.0 cm³/mol. The van der Waals surface area contributed by atoms with E-state index in [1.807, 2.05) is 0 Å². The first-order chi connectivity index (χ1) is 10.8. The first-order valence-electron chi connectivity index (χ1n) is 8.45. The molecule has 0 bridgehead atoms. The van der Waals surface area contributed by atoms with Gasteiger partial charge in [-0.05, 0) is 30.9 Å². The third-order valence-electron chi connectivity index (χ3n) is 5.08. The highest BCUT2D eigenvalue weighted by Crippen LogP contribution is 2.29. The van der Waals surface area contributed by atoms with Gasteiger partial charge in [-0.3, -0.25) is 0 Å². The van der Waals surface area contributed by atoms with Crippen LogP contribution in [0.1, 0.15) is 43.4 Å². The van der Waals surface area contributed by atoms with Crippen LogP contribution >= 0.6 is 0 Å². The number of fused-ring (bicyclic) bond motifs is 3. The molecule has 1 aromatic carbocycles. The summed E-state index contributed by atoms with van der Waals surface area (Å²) >= 11 is 0. The SMILES string of the molecule is O=C(NC1CCCCC1)NC1Cc2[nH]c3ccccc3c2C1.